The number of carboxylic acids is 1. The minimum absolute atomic E-state index is 0.344. The molecule has 1 amide bonds. The van der Waals surface area contributed by atoms with Crippen LogP contribution in [0.15, 0.2) is 0 Å². The summed E-state index contributed by atoms with van der Waals surface area (Å²) >= 11 is 0. The number of rotatable bonds is 1. The Morgan fingerprint density at radius 3 is 2.33 bits per heavy atom. The first-order chi connectivity index (χ1) is 9.61. The molecule has 0 fully saturated rings. The van der Waals surface area contributed by atoms with Crippen molar-refractivity contribution in [2.45, 2.75) is 53.3 Å². The molecule has 0 bridgehead atoms. The van der Waals surface area contributed by atoms with Crippen LogP contribution in [0, 0.1) is 13.8 Å². The van der Waals surface area contributed by atoms with Crippen molar-refractivity contribution in [3.63, 3.8) is 0 Å². The van der Waals surface area contributed by atoms with Gasteiger partial charge in [-0.2, -0.15) is 0 Å². The number of nitrogens with zero attached hydrogens (tertiary/aromatic N) is 2. The van der Waals surface area contributed by atoms with E-state index in [2.05, 4.69) is 0 Å². The van der Waals surface area contributed by atoms with Crippen molar-refractivity contribution < 1.29 is 19.4 Å². The molecule has 0 aromatic carbocycles. The Bertz CT molecular complexity index is 596. The molecular formula is C15H22N2O4. The van der Waals surface area contributed by atoms with Crippen molar-refractivity contribution in [3.05, 3.63) is 22.5 Å². The number of aromatic nitrogens is 1. The lowest BCUT2D eigenvalue weighted by Gasteiger charge is -2.31. The lowest BCUT2D eigenvalue weighted by atomic mass is 10.1. The number of hydrogen-bond donors (Lipinski definition) is 1. The molecule has 21 heavy (non-hydrogen) atoms. The molecule has 1 N–H and O–H groups in total. The number of carbonyl (C=O) groups excluding carboxylic acids is 1. The van der Waals surface area contributed by atoms with Crippen molar-refractivity contribution in [3.8, 4) is 0 Å². The Labute approximate surface area is 124 Å². The molecule has 2 rings (SSSR count). The lowest BCUT2D eigenvalue weighted by Crippen LogP contribution is -2.41. The van der Waals surface area contributed by atoms with Crippen LogP contribution in [-0.4, -0.2) is 38.8 Å². The fourth-order valence-electron chi connectivity index (χ4n) is 2.74. The third-order valence-electron chi connectivity index (χ3n) is 3.70. The smallest absolute Gasteiger partial charge is 0.410 e. The summed E-state index contributed by atoms with van der Waals surface area (Å²) in [6, 6.07) is 0. The zero-order valence-electron chi connectivity index (χ0n) is 13.2. The third kappa shape index (κ3) is 2.89. The summed E-state index contributed by atoms with van der Waals surface area (Å²) in [4.78, 5) is 25.1. The molecule has 0 atom stereocenters. The van der Waals surface area contributed by atoms with Crippen LogP contribution in [0.5, 0.6) is 0 Å². The van der Waals surface area contributed by atoms with Gasteiger partial charge in [-0.1, -0.05) is 0 Å². The van der Waals surface area contributed by atoms with Gasteiger partial charge in [0, 0.05) is 24.5 Å². The van der Waals surface area contributed by atoms with Crippen molar-refractivity contribution in [1.82, 2.24) is 9.47 Å². The van der Waals surface area contributed by atoms with Crippen LogP contribution >= 0.6 is 0 Å². The van der Waals surface area contributed by atoms with Gasteiger partial charge in [-0.25, -0.2) is 9.59 Å². The van der Waals surface area contributed by atoms with Crippen molar-refractivity contribution in [2.24, 2.45) is 0 Å². The Morgan fingerprint density at radius 2 is 1.81 bits per heavy atom. The van der Waals surface area contributed by atoms with Gasteiger partial charge in [0.15, 0.2) is 0 Å². The summed E-state index contributed by atoms with van der Waals surface area (Å²) in [7, 11) is 0. The highest BCUT2D eigenvalue weighted by atomic mass is 16.6. The van der Waals surface area contributed by atoms with E-state index < -0.39 is 11.6 Å². The van der Waals surface area contributed by atoms with Crippen LogP contribution in [0.4, 0.5) is 4.79 Å². The van der Waals surface area contributed by atoms with Crippen LogP contribution in [-0.2, 0) is 17.8 Å². The van der Waals surface area contributed by atoms with Crippen LogP contribution in [0.2, 0.25) is 0 Å². The minimum Gasteiger partial charge on any atom is -0.478 e. The number of aromatic carboxylic acids is 1. The predicted octanol–water partition coefficient (Wildman–Crippen LogP) is 2.55. The molecule has 0 saturated carbocycles. The van der Waals surface area contributed by atoms with Gasteiger partial charge >= 0.3 is 12.1 Å². The summed E-state index contributed by atoms with van der Waals surface area (Å²) < 4.78 is 7.36. The van der Waals surface area contributed by atoms with E-state index in [-0.39, 0.29) is 6.09 Å². The second-order valence-electron chi connectivity index (χ2n) is 6.39. The average Bonchev–Trinajstić information content (AvgIpc) is 2.59. The van der Waals surface area contributed by atoms with Gasteiger partial charge in [0.05, 0.1) is 12.1 Å². The van der Waals surface area contributed by atoms with Crippen LogP contribution in [0.25, 0.3) is 0 Å². The lowest BCUT2D eigenvalue weighted by molar-refractivity contribution is 0.0197. The summed E-state index contributed by atoms with van der Waals surface area (Å²) in [6.45, 7) is 10.6. The fraction of sp³-hybridized carbons (Fsp3) is 0.600. The molecule has 6 heteroatoms. The van der Waals surface area contributed by atoms with E-state index >= 15 is 0 Å². The minimum atomic E-state index is -0.921. The molecule has 1 aromatic rings. The molecular weight excluding hydrogens is 272 g/mol. The maximum Gasteiger partial charge on any atom is 0.410 e. The molecule has 1 aromatic heterocycles. The number of carboxylic acid groups (broad SMARTS) is 1. The molecule has 116 valence electrons. The number of carbonyl (C=O) groups is 2. The van der Waals surface area contributed by atoms with Crippen LogP contribution < -0.4 is 0 Å². The Kier molecular flexibility index (Phi) is 3.74. The topological polar surface area (TPSA) is 71.8 Å². The first-order valence-corrected chi connectivity index (χ1v) is 7.01. The molecule has 0 aliphatic carbocycles. The largest absolute Gasteiger partial charge is 0.478 e. The van der Waals surface area contributed by atoms with E-state index in [0.717, 1.165) is 17.0 Å². The van der Waals surface area contributed by atoms with Gasteiger partial charge in [0.2, 0.25) is 0 Å². The zero-order chi connectivity index (χ0) is 15.9. The Morgan fingerprint density at radius 1 is 1.19 bits per heavy atom. The van der Waals surface area contributed by atoms with Gasteiger partial charge < -0.3 is 19.3 Å². The second-order valence-corrected chi connectivity index (χ2v) is 6.39. The second kappa shape index (κ2) is 5.09. The summed E-state index contributed by atoms with van der Waals surface area (Å²) in [5.41, 5.74) is 2.17. The maximum atomic E-state index is 12.1. The number of amides is 1. The van der Waals surface area contributed by atoms with Crippen molar-refractivity contribution in [1.29, 1.82) is 0 Å². The summed E-state index contributed by atoms with van der Waals surface area (Å²) in [5, 5.41) is 9.31. The predicted molar refractivity (Wildman–Crippen MR) is 77.5 cm³/mol. The normalized spacial score (nSPS) is 14.8. The van der Waals surface area contributed by atoms with E-state index in [1.165, 1.54) is 0 Å². The monoisotopic (exact) mass is 294 g/mol. The molecule has 0 saturated heterocycles. The zero-order valence-corrected chi connectivity index (χ0v) is 13.2. The summed E-state index contributed by atoms with van der Waals surface area (Å²) in [5.74, 6) is -0.921. The maximum absolute atomic E-state index is 12.1. The highest BCUT2D eigenvalue weighted by Gasteiger charge is 2.30. The van der Waals surface area contributed by atoms with Gasteiger partial charge in [-0.05, 0) is 40.2 Å². The van der Waals surface area contributed by atoms with Crippen molar-refractivity contribution >= 4 is 12.1 Å². The Balaban J connectivity index is 2.27. The molecule has 0 unspecified atom stereocenters. The number of hydrogen-bond acceptors (Lipinski definition) is 3. The van der Waals surface area contributed by atoms with Gasteiger partial charge in [0.25, 0.3) is 0 Å². The van der Waals surface area contributed by atoms with E-state index in [1.807, 2.05) is 32.3 Å². The van der Waals surface area contributed by atoms with E-state index in [4.69, 9.17) is 4.74 Å². The summed E-state index contributed by atoms with van der Waals surface area (Å²) in [6.07, 6.45) is -0.358. The van der Waals surface area contributed by atoms with E-state index in [0.29, 0.717) is 25.2 Å². The molecule has 1 aliphatic rings. The first kappa shape index (κ1) is 15.4. The fourth-order valence-corrected chi connectivity index (χ4v) is 2.74. The molecule has 0 spiro atoms. The average molecular weight is 294 g/mol. The molecule has 1 aliphatic heterocycles. The third-order valence-corrected chi connectivity index (χ3v) is 3.70. The SMILES string of the molecule is Cc1c(C(=O)O)c(C)n2c1CN(C(=O)OC(C)(C)C)CC2. The highest BCUT2D eigenvalue weighted by molar-refractivity contribution is 5.91. The Hall–Kier alpha value is -1.98. The quantitative estimate of drug-likeness (QED) is 0.864. The van der Waals surface area contributed by atoms with Crippen LogP contribution in [0.1, 0.15) is 48.1 Å². The van der Waals surface area contributed by atoms with E-state index in [9.17, 15) is 14.7 Å². The van der Waals surface area contributed by atoms with Gasteiger partial charge in [-0.15, -0.1) is 0 Å². The number of ether oxygens (including phenoxy) is 1. The number of fused-ring (bicyclic) bond motifs is 1. The van der Waals surface area contributed by atoms with Crippen molar-refractivity contribution in [2.75, 3.05) is 6.54 Å². The standard InChI is InChI=1S/C15H22N2O4/c1-9-11-8-16(14(20)21-15(3,4)5)6-7-17(11)10(2)12(9)13(18)19/h6-8H2,1-5H3,(H,18,19). The van der Waals surface area contributed by atoms with Gasteiger partial charge in [-0.3, -0.25) is 0 Å². The van der Waals surface area contributed by atoms with Crippen LogP contribution in [0.3, 0.4) is 0 Å². The molecule has 0 radical (unpaired) electrons. The first-order valence-electron chi connectivity index (χ1n) is 7.01. The molecule has 2 heterocycles. The molecule has 6 nitrogen and oxygen atoms in total. The highest BCUT2D eigenvalue weighted by Crippen LogP contribution is 2.27. The van der Waals surface area contributed by atoms with Gasteiger partial charge in [0.1, 0.15) is 5.60 Å². The van der Waals surface area contributed by atoms with E-state index in [1.54, 1.807) is 11.8 Å².